The van der Waals surface area contributed by atoms with Crippen LogP contribution in [0.25, 0.3) is 0 Å². The Morgan fingerprint density at radius 3 is 2.26 bits per heavy atom. The maximum absolute atomic E-state index is 4.77. The second-order valence-corrected chi connectivity index (χ2v) is 10.2. The van der Waals surface area contributed by atoms with Gasteiger partial charge in [-0.3, -0.25) is 9.98 Å². The largest absolute Gasteiger partial charge is 0.259 e. The van der Waals surface area contributed by atoms with Crippen molar-refractivity contribution in [1.82, 2.24) is 0 Å². The molecule has 2 aliphatic rings. The predicted octanol–water partition coefficient (Wildman–Crippen LogP) is 6.77. The molecule has 2 nitrogen and oxygen atoms in total. The van der Waals surface area contributed by atoms with E-state index in [1.165, 1.54) is 16.0 Å². The molecule has 0 bridgehead atoms. The highest BCUT2D eigenvalue weighted by Gasteiger charge is 2.15. The van der Waals surface area contributed by atoms with Crippen molar-refractivity contribution < 1.29 is 0 Å². The van der Waals surface area contributed by atoms with Gasteiger partial charge < -0.3 is 0 Å². The van der Waals surface area contributed by atoms with Crippen LogP contribution in [0.3, 0.4) is 0 Å². The van der Waals surface area contributed by atoms with Crippen LogP contribution in [-0.2, 0) is 11.4 Å². The topological polar surface area (TPSA) is 24.7 Å². The monoisotopic (exact) mass is 479 g/mol. The van der Waals surface area contributed by atoms with Gasteiger partial charge in [0.15, 0.2) is 17.1 Å². The smallest absolute Gasteiger partial charge is 0.257 e. The van der Waals surface area contributed by atoms with Crippen molar-refractivity contribution >= 4 is 40.4 Å². The Hall–Kier alpha value is -3.26. The fourth-order valence-corrected chi connectivity index (χ4v) is 5.23. The maximum Gasteiger partial charge on any atom is 0.257 e. The van der Waals surface area contributed by atoms with Crippen molar-refractivity contribution in [2.75, 3.05) is 11.5 Å². The Bertz CT molecular complexity index is 1300. The van der Waals surface area contributed by atoms with Gasteiger partial charge in [-0.2, -0.15) is 0 Å². The highest BCUT2D eigenvalue weighted by Crippen LogP contribution is 2.26. The van der Waals surface area contributed by atoms with Crippen LogP contribution in [0.1, 0.15) is 28.7 Å². The van der Waals surface area contributed by atoms with Gasteiger partial charge in [-0.15, -0.1) is 23.2 Å². The van der Waals surface area contributed by atoms with E-state index in [1.807, 2.05) is 65.9 Å². The van der Waals surface area contributed by atoms with Gasteiger partial charge in [0.1, 0.15) is 5.70 Å². The molecular weight excluding hydrogens is 452 g/mol. The molecule has 2 aliphatic carbocycles. The molecule has 0 aromatic heterocycles. The standard InChI is InChI=1S/C30H27N2S2/c1-23-11-15-25(16-12-23)21-31-27-7-3-5-9-29(27)33-19-20-34-30-10-6-4-8-28(30)32-22-26-17-13-24(2)14-18-26/h3-4,7,9-18,21-22H,8,19-20H2,1-2H3/q+1. The third-order valence-corrected chi connectivity index (χ3v) is 7.57. The van der Waals surface area contributed by atoms with E-state index in [2.05, 4.69) is 73.8 Å². The molecule has 0 fully saturated rings. The number of aliphatic imine (C=N–C) groups is 2. The van der Waals surface area contributed by atoms with Gasteiger partial charge in [0.05, 0.1) is 11.4 Å². The highest BCUT2D eigenvalue weighted by atomic mass is 32.2. The quantitative estimate of drug-likeness (QED) is 0.135. The molecular formula is C30H27N2S2+. The molecule has 0 aliphatic heterocycles. The summed E-state index contributed by atoms with van der Waals surface area (Å²) in [7, 11) is 0. The van der Waals surface area contributed by atoms with Gasteiger partial charge in [-0.1, -0.05) is 59.7 Å². The average molecular weight is 480 g/mol. The molecule has 4 rings (SSSR count). The first-order valence-electron chi connectivity index (χ1n) is 11.3. The van der Waals surface area contributed by atoms with Gasteiger partial charge in [-0.05, 0) is 49.3 Å². The maximum atomic E-state index is 4.77. The summed E-state index contributed by atoms with van der Waals surface area (Å²) in [6.45, 7) is 4.19. The first kappa shape index (κ1) is 23.9. The van der Waals surface area contributed by atoms with Gasteiger partial charge in [0.25, 0.3) is 4.86 Å². The van der Waals surface area contributed by atoms with Crippen LogP contribution in [-0.4, -0.2) is 28.8 Å². The lowest BCUT2D eigenvalue weighted by Gasteiger charge is -2.07. The van der Waals surface area contributed by atoms with E-state index in [1.54, 1.807) is 0 Å². The van der Waals surface area contributed by atoms with Gasteiger partial charge in [0.2, 0.25) is 0 Å². The molecule has 0 amide bonds. The molecule has 2 aromatic carbocycles. The molecule has 0 saturated heterocycles. The summed E-state index contributed by atoms with van der Waals surface area (Å²) in [5.74, 6) is 1.96. The van der Waals surface area contributed by atoms with Crippen LogP contribution < -0.4 is 0 Å². The van der Waals surface area contributed by atoms with E-state index in [4.69, 9.17) is 9.98 Å². The second-order valence-electron chi connectivity index (χ2n) is 7.96. The lowest BCUT2D eigenvalue weighted by Crippen LogP contribution is -2.04. The number of nitrogens with zero attached hydrogens (tertiary/aromatic N) is 2. The third kappa shape index (κ3) is 7.12. The number of rotatable bonds is 8. The van der Waals surface area contributed by atoms with E-state index in [9.17, 15) is 0 Å². The fraction of sp³-hybridized carbons (Fsp3) is 0.167. The van der Waals surface area contributed by atoms with Crippen molar-refractivity contribution in [3.8, 4) is 0 Å². The third-order valence-electron chi connectivity index (χ3n) is 5.19. The molecule has 168 valence electrons. The van der Waals surface area contributed by atoms with E-state index >= 15 is 0 Å². The zero-order valence-electron chi connectivity index (χ0n) is 19.5. The molecule has 0 heterocycles. The SMILES string of the molecule is Cc1ccc(C=NC2=CC=C=CC2=[S+]CCSC2=C(N=Cc3ccc(C)cc3)CC=C=C2)cc1. The minimum atomic E-state index is 0.819. The zero-order valence-corrected chi connectivity index (χ0v) is 21.1. The Balaban J connectivity index is 1.37. The zero-order chi connectivity index (χ0) is 23.6. The predicted molar refractivity (Wildman–Crippen MR) is 152 cm³/mol. The first-order valence-corrected chi connectivity index (χ1v) is 13.3. The lowest BCUT2D eigenvalue weighted by atomic mass is 10.2. The van der Waals surface area contributed by atoms with Crippen LogP contribution in [0.4, 0.5) is 0 Å². The highest BCUT2D eigenvalue weighted by molar-refractivity contribution is 8.03. The van der Waals surface area contributed by atoms with Crippen LogP contribution in [0.2, 0.25) is 0 Å². The van der Waals surface area contributed by atoms with E-state index < -0.39 is 0 Å². The van der Waals surface area contributed by atoms with E-state index in [-0.39, 0.29) is 0 Å². The summed E-state index contributed by atoms with van der Waals surface area (Å²) in [6, 6.07) is 16.8. The second kappa shape index (κ2) is 12.3. The molecule has 0 N–H and O–H groups in total. The molecule has 0 radical (unpaired) electrons. The molecule has 0 spiro atoms. The van der Waals surface area contributed by atoms with Crippen LogP contribution in [0, 0.1) is 13.8 Å². The molecule has 0 saturated carbocycles. The van der Waals surface area contributed by atoms with Gasteiger partial charge in [0, 0.05) is 29.8 Å². The minimum Gasteiger partial charge on any atom is -0.259 e. The summed E-state index contributed by atoms with van der Waals surface area (Å²) < 4.78 is 0. The first-order chi connectivity index (χ1) is 16.7. The lowest BCUT2D eigenvalue weighted by molar-refractivity contribution is 1.15. The van der Waals surface area contributed by atoms with E-state index in [0.717, 1.165) is 45.3 Å². The van der Waals surface area contributed by atoms with Gasteiger partial charge in [-0.25, -0.2) is 0 Å². The Morgan fingerprint density at radius 2 is 1.56 bits per heavy atom. The summed E-state index contributed by atoms with van der Waals surface area (Å²) in [5.41, 5.74) is 13.3. The Morgan fingerprint density at radius 1 is 0.882 bits per heavy atom. The number of aryl methyl sites for hydroxylation is 2. The van der Waals surface area contributed by atoms with Crippen molar-refractivity contribution in [1.29, 1.82) is 0 Å². The minimum absolute atomic E-state index is 0.819. The van der Waals surface area contributed by atoms with Crippen LogP contribution in [0.15, 0.2) is 117 Å². The number of allylic oxidation sites excluding steroid dienone is 4. The Labute approximate surface area is 210 Å². The summed E-state index contributed by atoms with van der Waals surface area (Å²) >= 11 is 3.66. The van der Waals surface area contributed by atoms with Crippen LogP contribution in [0.5, 0.6) is 0 Å². The summed E-state index contributed by atoms with van der Waals surface area (Å²) in [5, 5.41) is 0. The molecule has 0 atom stereocenters. The summed E-state index contributed by atoms with van der Waals surface area (Å²) in [4.78, 5) is 11.8. The number of benzene rings is 2. The molecule has 2 aromatic rings. The van der Waals surface area contributed by atoms with Crippen molar-refractivity contribution in [3.63, 3.8) is 0 Å². The van der Waals surface area contributed by atoms with E-state index in [0.29, 0.717) is 0 Å². The molecule has 0 unspecified atom stereocenters. The Kier molecular flexibility index (Phi) is 8.62. The van der Waals surface area contributed by atoms with Gasteiger partial charge >= 0.3 is 0 Å². The number of thioether (sulfide) groups is 1. The molecule has 4 heteroatoms. The number of hydrogen-bond acceptors (Lipinski definition) is 3. The summed E-state index contributed by atoms with van der Waals surface area (Å²) in [6.07, 6.45) is 14.8. The van der Waals surface area contributed by atoms with Crippen molar-refractivity contribution in [2.45, 2.75) is 20.3 Å². The van der Waals surface area contributed by atoms with Crippen LogP contribution >= 0.6 is 11.8 Å². The van der Waals surface area contributed by atoms with Crippen molar-refractivity contribution in [2.24, 2.45) is 9.98 Å². The normalized spacial score (nSPS) is 16.4. The molecule has 34 heavy (non-hydrogen) atoms. The van der Waals surface area contributed by atoms with Crippen molar-refractivity contribution in [3.05, 3.63) is 129 Å². The number of hydrogen-bond donors (Lipinski definition) is 0. The fourth-order valence-electron chi connectivity index (χ4n) is 3.25. The average Bonchev–Trinajstić information content (AvgIpc) is 2.87.